The van der Waals surface area contributed by atoms with Gasteiger partial charge in [0.2, 0.25) is 0 Å². The van der Waals surface area contributed by atoms with E-state index >= 15 is 0 Å². The number of carbonyl (C=O) groups excluding carboxylic acids is 1. The van der Waals surface area contributed by atoms with E-state index in [0.29, 0.717) is 17.5 Å². The van der Waals surface area contributed by atoms with Gasteiger partial charge in [0.05, 0.1) is 6.10 Å². The van der Waals surface area contributed by atoms with Crippen LogP contribution >= 0.6 is 11.6 Å². The maximum Gasteiger partial charge on any atom is 0.251 e. The van der Waals surface area contributed by atoms with Crippen molar-refractivity contribution in [2.75, 3.05) is 7.11 Å². The monoisotopic (exact) mass is 253 g/mol. The van der Waals surface area contributed by atoms with Crippen molar-refractivity contribution in [2.45, 2.75) is 30.9 Å². The van der Waals surface area contributed by atoms with E-state index in [4.69, 9.17) is 16.3 Å². The Morgan fingerprint density at radius 2 is 2.06 bits per heavy atom. The second-order valence-corrected chi connectivity index (χ2v) is 4.60. The number of ether oxygens (including phenoxy) is 1. The first kappa shape index (κ1) is 12.4. The van der Waals surface area contributed by atoms with Gasteiger partial charge in [-0.3, -0.25) is 4.79 Å². The lowest BCUT2D eigenvalue weighted by Crippen LogP contribution is -2.47. The molecule has 1 aromatic rings. The molecule has 1 aliphatic rings. The van der Waals surface area contributed by atoms with Gasteiger partial charge in [-0.05, 0) is 30.5 Å². The SMILES string of the molecule is COC1CC(NC(=O)c2ccc(CCl)cc2)C1. The van der Waals surface area contributed by atoms with Crippen molar-refractivity contribution < 1.29 is 9.53 Å². The summed E-state index contributed by atoms with van der Waals surface area (Å²) in [6.45, 7) is 0. The van der Waals surface area contributed by atoms with Crippen LogP contribution in [0.3, 0.4) is 0 Å². The van der Waals surface area contributed by atoms with Gasteiger partial charge in [-0.2, -0.15) is 0 Å². The van der Waals surface area contributed by atoms with E-state index in [1.807, 2.05) is 12.1 Å². The molecule has 0 atom stereocenters. The number of benzene rings is 1. The number of hydrogen-bond donors (Lipinski definition) is 1. The van der Waals surface area contributed by atoms with Crippen LogP contribution in [-0.2, 0) is 10.6 Å². The molecule has 0 spiro atoms. The molecule has 0 aromatic heterocycles. The standard InChI is InChI=1S/C13H16ClNO2/c1-17-12-6-11(7-12)15-13(16)10-4-2-9(8-14)3-5-10/h2-5,11-12H,6-8H2,1H3,(H,15,16). The Kier molecular flexibility index (Phi) is 4.02. The van der Waals surface area contributed by atoms with Gasteiger partial charge < -0.3 is 10.1 Å². The molecule has 3 nitrogen and oxygen atoms in total. The van der Waals surface area contributed by atoms with Crippen molar-refractivity contribution in [3.8, 4) is 0 Å². The van der Waals surface area contributed by atoms with E-state index in [-0.39, 0.29) is 11.9 Å². The predicted octanol–water partition coefficient (Wildman–Crippen LogP) is 2.33. The van der Waals surface area contributed by atoms with E-state index in [9.17, 15) is 4.79 Å². The number of methoxy groups -OCH3 is 1. The zero-order valence-electron chi connectivity index (χ0n) is 9.78. The lowest BCUT2D eigenvalue weighted by molar-refractivity contribution is 0.0176. The van der Waals surface area contributed by atoms with Gasteiger partial charge in [-0.15, -0.1) is 11.6 Å². The van der Waals surface area contributed by atoms with E-state index in [1.165, 1.54) is 0 Å². The van der Waals surface area contributed by atoms with Crippen LogP contribution in [0.4, 0.5) is 0 Å². The van der Waals surface area contributed by atoms with Crippen molar-refractivity contribution in [3.05, 3.63) is 35.4 Å². The minimum Gasteiger partial charge on any atom is -0.381 e. The van der Waals surface area contributed by atoms with Crippen molar-refractivity contribution in [3.63, 3.8) is 0 Å². The van der Waals surface area contributed by atoms with Gasteiger partial charge in [-0.25, -0.2) is 0 Å². The number of rotatable bonds is 4. The molecule has 1 aromatic carbocycles. The highest BCUT2D eigenvalue weighted by molar-refractivity contribution is 6.17. The largest absolute Gasteiger partial charge is 0.381 e. The summed E-state index contributed by atoms with van der Waals surface area (Å²) in [7, 11) is 1.70. The molecule has 0 heterocycles. The number of nitrogens with one attached hydrogen (secondary N) is 1. The highest BCUT2D eigenvalue weighted by atomic mass is 35.5. The molecule has 4 heteroatoms. The average molecular weight is 254 g/mol. The Morgan fingerprint density at radius 3 is 2.59 bits per heavy atom. The maximum atomic E-state index is 11.9. The van der Waals surface area contributed by atoms with Crippen LogP contribution in [0.15, 0.2) is 24.3 Å². The Labute approximate surface area is 106 Å². The summed E-state index contributed by atoms with van der Waals surface area (Å²) in [4.78, 5) is 11.9. The van der Waals surface area contributed by atoms with Gasteiger partial charge in [-0.1, -0.05) is 12.1 Å². The predicted molar refractivity (Wildman–Crippen MR) is 67.3 cm³/mol. The van der Waals surface area contributed by atoms with E-state index in [2.05, 4.69) is 5.32 Å². The Hall–Kier alpha value is -1.06. The van der Waals surface area contributed by atoms with Crippen LogP contribution < -0.4 is 5.32 Å². The van der Waals surface area contributed by atoms with Crippen LogP contribution in [0.1, 0.15) is 28.8 Å². The van der Waals surface area contributed by atoms with Crippen LogP contribution in [0, 0.1) is 0 Å². The fraction of sp³-hybridized carbons (Fsp3) is 0.462. The van der Waals surface area contributed by atoms with Crippen molar-refractivity contribution >= 4 is 17.5 Å². The molecular formula is C13H16ClNO2. The zero-order valence-corrected chi connectivity index (χ0v) is 10.5. The fourth-order valence-electron chi connectivity index (χ4n) is 1.89. The van der Waals surface area contributed by atoms with E-state index in [0.717, 1.165) is 18.4 Å². The minimum absolute atomic E-state index is 0.0225. The first-order chi connectivity index (χ1) is 8.22. The summed E-state index contributed by atoms with van der Waals surface area (Å²) in [5.41, 5.74) is 1.70. The van der Waals surface area contributed by atoms with Crippen LogP contribution in [-0.4, -0.2) is 25.2 Å². The van der Waals surface area contributed by atoms with E-state index < -0.39 is 0 Å². The van der Waals surface area contributed by atoms with Gasteiger partial charge in [0.15, 0.2) is 0 Å². The first-order valence-electron chi connectivity index (χ1n) is 5.71. The molecule has 92 valence electrons. The topological polar surface area (TPSA) is 38.3 Å². The van der Waals surface area contributed by atoms with Gasteiger partial charge in [0, 0.05) is 24.6 Å². The summed E-state index contributed by atoms with van der Waals surface area (Å²) in [6.07, 6.45) is 2.11. The van der Waals surface area contributed by atoms with Gasteiger partial charge in [0.1, 0.15) is 0 Å². The molecule has 1 N–H and O–H groups in total. The highest BCUT2D eigenvalue weighted by Crippen LogP contribution is 2.22. The number of amides is 1. The zero-order chi connectivity index (χ0) is 12.3. The lowest BCUT2D eigenvalue weighted by Gasteiger charge is -2.34. The molecule has 1 aliphatic carbocycles. The minimum atomic E-state index is -0.0225. The molecule has 1 fully saturated rings. The normalized spacial score (nSPS) is 22.9. The summed E-state index contributed by atoms with van der Waals surface area (Å²) in [6, 6.07) is 7.61. The Bertz CT molecular complexity index is 385. The van der Waals surface area contributed by atoms with Crippen LogP contribution in [0.25, 0.3) is 0 Å². The summed E-state index contributed by atoms with van der Waals surface area (Å²) < 4.78 is 5.17. The average Bonchev–Trinajstić information content (AvgIpc) is 2.33. The molecule has 1 saturated carbocycles. The van der Waals surface area contributed by atoms with Crippen molar-refractivity contribution in [1.82, 2.24) is 5.32 Å². The lowest BCUT2D eigenvalue weighted by atomic mass is 9.89. The molecule has 0 unspecified atom stereocenters. The summed E-state index contributed by atoms with van der Waals surface area (Å²) in [5, 5.41) is 2.98. The Morgan fingerprint density at radius 1 is 1.41 bits per heavy atom. The third-order valence-corrected chi connectivity index (χ3v) is 3.44. The molecular weight excluding hydrogens is 238 g/mol. The first-order valence-corrected chi connectivity index (χ1v) is 6.25. The molecule has 17 heavy (non-hydrogen) atoms. The van der Waals surface area contributed by atoms with Gasteiger partial charge >= 0.3 is 0 Å². The highest BCUT2D eigenvalue weighted by Gasteiger charge is 2.30. The quantitative estimate of drug-likeness (QED) is 0.837. The molecule has 0 saturated heterocycles. The summed E-state index contributed by atoms with van der Waals surface area (Å²) >= 11 is 5.69. The smallest absolute Gasteiger partial charge is 0.251 e. The van der Waals surface area contributed by atoms with Gasteiger partial charge in [0.25, 0.3) is 5.91 Å². The second kappa shape index (κ2) is 5.52. The molecule has 0 bridgehead atoms. The number of halogens is 1. The number of carbonyl (C=O) groups is 1. The second-order valence-electron chi connectivity index (χ2n) is 4.33. The van der Waals surface area contributed by atoms with E-state index in [1.54, 1.807) is 19.2 Å². The number of alkyl halides is 1. The Balaban J connectivity index is 1.87. The van der Waals surface area contributed by atoms with Crippen LogP contribution in [0.5, 0.6) is 0 Å². The van der Waals surface area contributed by atoms with Crippen molar-refractivity contribution in [2.24, 2.45) is 0 Å². The molecule has 0 aliphatic heterocycles. The molecule has 1 amide bonds. The number of hydrogen-bond acceptors (Lipinski definition) is 2. The summed E-state index contributed by atoms with van der Waals surface area (Å²) in [5.74, 6) is 0.450. The third kappa shape index (κ3) is 2.99. The maximum absolute atomic E-state index is 11.9. The molecule has 0 radical (unpaired) electrons. The molecule has 2 rings (SSSR count). The third-order valence-electron chi connectivity index (χ3n) is 3.13. The van der Waals surface area contributed by atoms with Crippen molar-refractivity contribution in [1.29, 1.82) is 0 Å². The van der Waals surface area contributed by atoms with Crippen LogP contribution in [0.2, 0.25) is 0 Å². The fourth-order valence-corrected chi connectivity index (χ4v) is 2.07.